The van der Waals surface area contributed by atoms with Crippen molar-refractivity contribution in [3.05, 3.63) is 40.1 Å². The fraction of sp³-hybridized carbons (Fsp3) is 0.267. The highest BCUT2D eigenvalue weighted by Gasteiger charge is 2.08. The summed E-state index contributed by atoms with van der Waals surface area (Å²) >= 11 is 7.36. The summed E-state index contributed by atoms with van der Waals surface area (Å²) in [6, 6.07) is 5.40. The zero-order valence-electron chi connectivity index (χ0n) is 12.3. The summed E-state index contributed by atoms with van der Waals surface area (Å²) in [7, 11) is 0. The third-order valence-corrected chi connectivity index (χ3v) is 4.28. The van der Waals surface area contributed by atoms with Crippen LogP contribution in [0.2, 0.25) is 5.02 Å². The molecule has 1 aromatic carbocycles. The SMILES string of the molecule is Nc1nc(CCCNC(=O)Cc2nc3ccc(Cl)cc3[nH]2)cs1. The molecule has 0 bridgehead atoms. The number of hydrogen-bond donors (Lipinski definition) is 3. The zero-order valence-corrected chi connectivity index (χ0v) is 13.9. The second kappa shape index (κ2) is 6.97. The Labute approximate surface area is 142 Å². The normalized spacial score (nSPS) is 11.0. The minimum atomic E-state index is -0.0621. The highest BCUT2D eigenvalue weighted by Crippen LogP contribution is 2.17. The van der Waals surface area contributed by atoms with Crippen molar-refractivity contribution in [1.29, 1.82) is 0 Å². The van der Waals surface area contributed by atoms with Crippen LogP contribution in [0, 0.1) is 0 Å². The van der Waals surface area contributed by atoms with Gasteiger partial charge in [0.2, 0.25) is 5.91 Å². The van der Waals surface area contributed by atoms with Crippen molar-refractivity contribution in [2.45, 2.75) is 19.3 Å². The molecule has 0 saturated heterocycles. The van der Waals surface area contributed by atoms with Crippen LogP contribution in [-0.4, -0.2) is 27.4 Å². The fourth-order valence-electron chi connectivity index (χ4n) is 2.27. The monoisotopic (exact) mass is 349 g/mol. The summed E-state index contributed by atoms with van der Waals surface area (Å²) < 4.78 is 0. The van der Waals surface area contributed by atoms with Crippen molar-refractivity contribution in [3.63, 3.8) is 0 Å². The largest absolute Gasteiger partial charge is 0.375 e. The maximum atomic E-state index is 11.9. The minimum Gasteiger partial charge on any atom is -0.375 e. The number of imidazole rings is 1. The number of hydrogen-bond acceptors (Lipinski definition) is 5. The molecule has 1 amide bonds. The van der Waals surface area contributed by atoms with E-state index in [9.17, 15) is 4.79 Å². The summed E-state index contributed by atoms with van der Waals surface area (Å²) in [6.07, 6.45) is 1.84. The predicted molar refractivity (Wildman–Crippen MR) is 92.7 cm³/mol. The van der Waals surface area contributed by atoms with Gasteiger partial charge in [0.05, 0.1) is 23.1 Å². The van der Waals surface area contributed by atoms with E-state index in [-0.39, 0.29) is 12.3 Å². The summed E-state index contributed by atoms with van der Waals surface area (Å²) in [5, 5.41) is 6.04. The number of fused-ring (bicyclic) bond motifs is 1. The van der Waals surface area contributed by atoms with E-state index in [1.165, 1.54) is 11.3 Å². The number of halogens is 1. The van der Waals surface area contributed by atoms with Crippen LogP contribution in [0.25, 0.3) is 11.0 Å². The number of benzene rings is 1. The van der Waals surface area contributed by atoms with Gasteiger partial charge in [0.15, 0.2) is 5.13 Å². The minimum absolute atomic E-state index is 0.0621. The molecule has 2 aromatic heterocycles. The van der Waals surface area contributed by atoms with Gasteiger partial charge < -0.3 is 16.0 Å². The lowest BCUT2D eigenvalue weighted by molar-refractivity contribution is -0.120. The molecule has 3 rings (SSSR count). The van der Waals surface area contributed by atoms with Crippen molar-refractivity contribution in [3.8, 4) is 0 Å². The highest BCUT2D eigenvalue weighted by atomic mass is 35.5. The van der Waals surface area contributed by atoms with E-state index in [2.05, 4.69) is 20.3 Å². The maximum Gasteiger partial charge on any atom is 0.227 e. The number of amides is 1. The van der Waals surface area contributed by atoms with Crippen molar-refractivity contribution < 1.29 is 4.79 Å². The van der Waals surface area contributed by atoms with Gasteiger partial charge in [-0.25, -0.2) is 9.97 Å². The number of aromatic amines is 1. The van der Waals surface area contributed by atoms with Crippen LogP contribution in [0.5, 0.6) is 0 Å². The topological polar surface area (TPSA) is 96.7 Å². The number of aromatic nitrogens is 3. The second-order valence-corrected chi connectivity index (χ2v) is 6.48. The van der Waals surface area contributed by atoms with Crippen LogP contribution in [0.15, 0.2) is 23.6 Å². The molecule has 120 valence electrons. The van der Waals surface area contributed by atoms with E-state index in [0.717, 1.165) is 29.6 Å². The third kappa shape index (κ3) is 4.20. The number of thiazole rings is 1. The van der Waals surface area contributed by atoms with Crippen LogP contribution >= 0.6 is 22.9 Å². The van der Waals surface area contributed by atoms with Gasteiger partial charge in [0, 0.05) is 16.9 Å². The molecule has 0 fully saturated rings. The molecule has 0 saturated carbocycles. The Morgan fingerprint density at radius 3 is 3.04 bits per heavy atom. The Morgan fingerprint density at radius 1 is 1.39 bits per heavy atom. The first kappa shape index (κ1) is 15.8. The molecular formula is C15H16ClN5OS. The van der Waals surface area contributed by atoms with Gasteiger partial charge in [-0.15, -0.1) is 11.3 Å². The molecule has 0 radical (unpaired) electrons. The molecule has 0 aliphatic rings. The van der Waals surface area contributed by atoms with Crippen molar-refractivity contribution in [2.75, 3.05) is 12.3 Å². The van der Waals surface area contributed by atoms with Crippen molar-refractivity contribution in [2.24, 2.45) is 0 Å². The molecule has 0 aliphatic heterocycles. The van der Waals surface area contributed by atoms with E-state index >= 15 is 0 Å². The van der Waals surface area contributed by atoms with Gasteiger partial charge in [-0.05, 0) is 31.0 Å². The van der Waals surface area contributed by atoms with Crippen molar-refractivity contribution >= 4 is 45.0 Å². The molecule has 4 N–H and O–H groups in total. The molecule has 0 aliphatic carbocycles. The maximum absolute atomic E-state index is 11.9. The molecular weight excluding hydrogens is 334 g/mol. The summed E-state index contributed by atoms with van der Waals surface area (Å²) in [5.74, 6) is 0.569. The van der Waals surface area contributed by atoms with E-state index < -0.39 is 0 Å². The standard InChI is InChI=1S/C15H16ClN5OS/c16-9-3-4-11-12(6-9)21-13(20-11)7-14(22)18-5-1-2-10-8-23-15(17)19-10/h3-4,6,8H,1-2,5,7H2,(H2,17,19)(H,18,22)(H,20,21). The Balaban J connectivity index is 1.46. The Morgan fingerprint density at radius 2 is 2.26 bits per heavy atom. The zero-order chi connectivity index (χ0) is 16.2. The lowest BCUT2D eigenvalue weighted by Crippen LogP contribution is -2.26. The first-order chi connectivity index (χ1) is 11.1. The lowest BCUT2D eigenvalue weighted by Gasteiger charge is -2.02. The molecule has 6 nitrogen and oxygen atoms in total. The number of nitrogens with one attached hydrogen (secondary N) is 2. The molecule has 8 heteroatoms. The first-order valence-electron chi connectivity index (χ1n) is 7.21. The van der Waals surface area contributed by atoms with Crippen molar-refractivity contribution in [1.82, 2.24) is 20.3 Å². The molecule has 2 heterocycles. The van der Waals surface area contributed by atoms with Crippen LogP contribution in [-0.2, 0) is 17.6 Å². The smallest absolute Gasteiger partial charge is 0.227 e. The van der Waals surface area contributed by atoms with E-state index in [4.69, 9.17) is 17.3 Å². The molecule has 0 atom stereocenters. The molecule has 0 unspecified atom stereocenters. The Bertz CT molecular complexity index is 828. The number of nitrogens with zero attached hydrogens (tertiary/aromatic N) is 2. The fourth-order valence-corrected chi connectivity index (χ4v) is 3.04. The van der Waals surface area contributed by atoms with Crippen LogP contribution < -0.4 is 11.1 Å². The van der Waals surface area contributed by atoms with Crippen LogP contribution in [0.4, 0.5) is 5.13 Å². The number of carbonyl (C=O) groups is 1. The average molecular weight is 350 g/mol. The first-order valence-corrected chi connectivity index (χ1v) is 8.46. The Hall–Kier alpha value is -2.12. The average Bonchev–Trinajstić information content (AvgIpc) is 3.08. The van der Waals surface area contributed by atoms with Gasteiger partial charge in [-0.1, -0.05) is 11.6 Å². The third-order valence-electron chi connectivity index (χ3n) is 3.32. The second-order valence-electron chi connectivity index (χ2n) is 5.15. The van der Waals surface area contributed by atoms with Gasteiger partial charge >= 0.3 is 0 Å². The van der Waals surface area contributed by atoms with Gasteiger partial charge in [-0.3, -0.25) is 4.79 Å². The summed E-state index contributed by atoms with van der Waals surface area (Å²) in [6.45, 7) is 0.600. The highest BCUT2D eigenvalue weighted by molar-refractivity contribution is 7.13. The summed E-state index contributed by atoms with van der Waals surface area (Å²) in [4.78, 5) is 23.6. The predicted octanol–water partition coefficient (Wildman–Crippen LogP) is 2.55. The molecule has 0 spiro atoms. The number of carbonyl (C=O) groups excluding carboxylic acids is 1. The number of nitrogens with two attached hydrogens (primary N) is 1. The number of nitrogen functional groups attached to an aromatic ring is 1. The number of rotatable bonds is 6. The Kier molecular flexibility index (Phi) is 4.78. The molecule has 23 heavy (non-hydrogen) atoms. The van der Waals surface area contributed by atoms with Gasteiger partial charge in [0.25, 0.3) is 0 Å². The quantitative estimate of drug-likeness (QED) is 0.596. The van der Waals surface area contributed by atoms with Crippen LogP contribution in [0.3, 0.4) is 0 Å². The van der Waals surface area contributed by atoms with E-state index in [1.54, 1.807) is 12.1 Å². The lowest BCUT2D eigenvalue weighted by atomic mass is 10.2. The van der Waals surface area contributed by atoms with E-state index in [1.807, 2.05) is 11.4 Å². The number of aryl methyl sites for hydroxylation is 1. The summed E-state index contributed by atoms with van der Waals surface area (Å²) in [5.41, 5.74) is 8.18. The van der Waals surface area contributed by atoms with Gasteiger partial charge in [-0.2, -0.15) is 0 Å². The molecule has 3 aromatic rings. The van der Waals surface area contributed by atoms with Gasteiger partial charge in [0.1, 0.15) is 5.82 Å². The number of anilines is 1. The van der Waals surface area contributed by atoms with E-state index in [0.29, 0.717) is 22.5 Å². The van der Waals surface area contributed by atoms with Crippen LogP contribution in [0.1, 0.15) is 17.9 Å². The number of H-pyrrole nitrogens is 1.